The highest BCUT2D eigenvalue weighted by Crippen LogP contribution is 2.25. The molecule has 2 rings (SSSR count). The van der Waals surface area contributed by atoms with Gasteiger partial charge in [-0.2, -0.15) is 0 Å². The highest BCUT2D eigenvalue weighted by atomic mass is 16.2. The van der Waals surface area contributed by atoms with E-state index in [0.717, 1.165) is 6.54 Å². The number of rotatable bonds is 3. The summed E-state index contributed by atoms with van der Waals surface area (Å²) in [5.41, 5.74) is 6.67. The van der Waals surface area contributed by atoms with Gasteiger partial charge in [0, 0.05) is 25.5 Å². The van der Waals surface area contributed by atoms with E-state index in [-0.39, 0.29) is 5.91 Å². The van der Waals surface area contributed by atoms with Crippen molar-refractivity contribution in [2.24, 2.45) is 5.92 Å². The molecular formula is C13H19N3O. The molecule has 4 nitrogen and oxygen atoms in total. The third kappa shape index (κ3) is 2.96. The number of pyridine rings is 1. The monoisotopic (exact) mass is 233 g/mol. The van der Waals surface area contributed by atoms with E-state index in [1.165, 1.54) is 25.7 Å². The number of nitrogen functional groups attached to an aromatic ring is 1. The molecule has 0 unspecified atom stereocenters. The van der Waals surface area contributed by atoms with Crippen LogP contribution < -0.4 is 5.73 Å². The van der Waals surface area contributed by atoms with E-state index in [9.17, 15) is 4.79 Å². The fraction of sp³-hybridized carbons (Fsp3) is 0.538. The van der Waals surface area contributed by atoms with Crippen LogP contribution >= 0.6 is 0 Å². The quantitative estimate of drug-likeness (QED) is 0.867. The van der Waals surface area contributed by atoms with E-state index < -0.39 is 0 Å². The molecule has 4 heteroatoms. The highest BCUT2D eigenvalue weighted by Gasteiger charge is 2.20. The molecule has 2 N–H and O–H groups in total. The molecule has 0 aromatic carbocycles. The summed E-state index contributed by atoms with van der Waals surface area (Å²) in [6.07, 6.45) is 6.64. The summed E-state index contributed by atoms with van der Waals surface area (Å²) in [5.74, 6) is 0.620. The van der Waals surface area contributed by atoms with Crippen molar-refractivity contribution in [3.63, 3.8) is 0 Å². The van der Waals surface area contributed by atoms with Gasteiger partial charge in [-0.05, 0) is 30.9 Å². The van der Waals surface area contributed by atoms with Gasteiger partial charge in [-0.25, -0.2) is 0 Å². The summed E-state index contributed by atoms with van der Waals surface area (Å²) >= 11 is 0. The van der Waals surface area contributed by atoms with Crippen molar-refractivity contribution >= 4 is 11.6 Å². The molecule has 1 fully saturated rings. The molecule has 0 spiro atoms. The number of nitrogens with two attached hydrogens (primary N) is 1. The fourth-order valence-electron chi connectivity index (χ4n) is 2.42. The third-order valence-electron chi connectivity index (χ3n) is 3.36. The van der Waals surface area contributed by atoms with Crippen LogP contribution in [-0.4, -0.2) is 29.4 Å². The number of carbonyl (C=O) groups excluding carboxylic acids is 1. The van der Waals surface area contributed by atoms with Gasteiger partial charge in [-0.1, -0.05) is 12.8 Å². The molecule has 1 heterocycles. The number of anilines is 1. The van der Waals surface area contributed by atoms with Crippen LogP contribution in [0.3, 0.4) is 0 Å². The summed E-state index contributed by atoms with van der Waals surface area (Å²) in [5, 5.41) is 0. The summed E-state index contributed by atoms with van der Waals surface area (Å²) in [7, 11) is 1.84. The first-order valence-electron chi connectivity index (χ1n) is 6.14. The lowest BCUT2D eigenvalue weighted by molar-refractivity contribution is 0.0767. The van der Waals surface area contributed by atoms with Crippen molar-refractivity contribution in [2.75, 3.05) is 19.3 Å². The molecule has 0 aliphatic heterocycles. The lowest BCUT2D eigenvalue weighted by Gasteiger charge is -2.20. The first kappa shape index (κ1) is 11.9. The van der Waals surface area contributed by atoms with Crippen LogP contribution in [0.25, 0.3) is 0 Å². The predicted molar refractivity (Wildman–Crippen MR) is 67.6 cm³/mol. The van der Waals surface area contributed by atoms with Gasteiger partial charge < -0.3 is 10.6 Å². The number of aromatic nitrogens is 1. The lowest BCUT2D eigenvalue weighted by atomic mass is 10.1. The number of nitrogens with zero attached hydrogens (tertiary/aromatic N) is 2. The average molecular weight is 233 g/mol. The topological polar surface area (TPSA) is 59.2 Å². The maximum Gasteiger partial charge on any atom is 0.272 e. The Balaban J connectivity index is 1.98. The standard InChI is InChI=1S/C13H19N3O/c1-16(9-10-4-2-3-5-10)13(17)12-8-11(14)6-7-15-12/h6-8,10H,2-5,9H2,1H3,(H2,14,15). The Morgan fingerprint density at radius 2 is 2.24 bits per heavy atom. The second-order valence-corrected chi connectivity index (χ2v) is 4.81. The molecule has 0 radical (unpaired) electrons. The maximum atomic E-state index is 12.1. The van der Waals surface area contributed by atoms with Crippen LogP contribution in [0.5, 0.6) is 0 Å². The molecule has 0 atom stereocenters. The van der Waals surface area contributed by atoms with Crippen LogP contribution in [0.1, 0.15) is 36.2 Å². The van der Waals surface area contributed by atoms with Crippen molar-refractivity contribution in [1.29, 1.82) is 0 Å². The fourth-order valence-corrected chi connectivity index (χ4v) is 2.42. The third-order valence-corrected chi connectivity index (χ3v) is 3.36. The zero-order valence-corrected chi connectivity index (χ0v) is 10.2. The normalized spacial score (nSPS) is 16.1. The lowest BCUT2D eigenvalue weighted by Crippen LogP contribution is -2.31. The minimum atomic E-state index is -0.0378. The van der Waals surface area contributed by atoms with Crippen LogP contribution in [0.15, 0.2) is 18.3 Å². The zero-order valence-electron chi connectivity index (χ0n) is 10.2. The molecular weight excluding hydrogens is 214 g/mol. The molecule has 1 saturated carbocycles. The molecule has 1 aromatic heterocycles. The zero-order chi connectivity index (χ0) is 12.3. The van der Waals surface area contributed by atoms with Crippen molar-refractivity contribution in [1.82, 2.24) is 9.88 Å². The highest BCUT2D eigenvalue weighted by molar-refractivity contribution is 5.92. The van der Waals surface area contributed by atoms with Crippen LogP contribution in [-0.2, 0) is 0 Å². The Hall–Kier alpha value is -1.58. The van der Waals surface area contributed by atoms with Crippen molar-refractivity contribution < 1.29 is 4.79 Å². The van der Waals surface area contributed by atoms with Gasteiger partial charge >= 0.3 is 0 Å². The van der Waals surface area contributed by atoms with Gasteiger partial charge in [-0.3, -0.25) is 9.78 Å². The van der Waals surface area contributed by atoms with Crippen LogP contribution in [0.4, 0.5) is 5.69 Å². The van der Waals surface area contributed by atoms with Crippen molar-refractivity contribution in [3.05, 3.63) is 24.0 Å². The number of hydrogen-bond donors (Lipinski definition) is 1. The summed E-state index contributed by atoms with van der Waals surface area (Å²) < 4.78 is 0. The average Bonchev–Trinajstić information content (AvgIpc) is 2.80. The Labute approximate surface area is 102 Å². The van der Waals surface area contributed by atoms with Gasteiger partial charge in [0.1, 0.15) is 5.69 Å². The number of carbonyl (C=O) groups is 1. The van der Waals surface area contributed by atoms with Gasteiger partial charge in [0.05, 0.1) is 0 Å². The van der Waals surface area contributed by atoms with Crippen molar-refractivity contribution in [3.8, 4) is 0 Å². The van der Waals surface area contributed by atoms with Crippen molar-refractivity contribution in [2.45, 2.75) is 25.7 Å². The molecule has 0 saturated heterocycles. The summed E-state index contributed by atoms with van der Waals surface area (Å²) in [6, 6.07) is 3.32. The molecule has 0 bridgehead atoms. The van der Waals surface area contributed by atoms with Crippen LogP contribution in [0.2, 0.25) is 0 Å². The smallest absolute Gasteiger partial charge is 0.272 e. The molecule has 1 amide bonds. The van der Waals surface area contributed by atoms with Crippen LogP contribution in [0, 0.1) is 5.92 Å². The molecule has 17 heavy (non-hydrogen) atoms. The minimum Gasteiger partial charge on any atom is -0.399 e. The summed E-state index contributed by atoms with van der Waals surface area (Å²) in [6.45, 7) is 0.829. The Kier molecular flexibility index (Phi) is 3.61. The van der Waals surface area contributed by atoms with Gasteiger partial charge in [0.2, 0.25) is 0 Å². The molecule has 92 valence electrons. The Morgan fingerprint density at radius 1 is 1.53 bits per heavy atom. The Morgan fingerprint density at radius 3 is 2.88 bits per heavy atom. The first-order valence-corrected chi connectivity index (χ1v) is 6.14. The van der Waals surface area contributed by atoms with Gasteiger partial charge in [0.15, 0.2) is 0 Å². The van der Waals surface area contributed by atoms with E-state index >= 15 is 0 Å². The summed E-state index contributed by atoms with van der Waals surface area (Å²) in [4.78, 5) is 17.9. The molecule has 1 aliphatic carbocycles. The van der Waals surface area contributed by atoms with E-state index in [4.69, 9.17) is 5.73 Å². The van der Waals surface area contributed by atoms with E-state index in [1.54, 1.807) is 23.2 Å². The number of amides is 1. The second kappa shape index (κ2) is 5.17. The molecule has 1 aliphatic rings. The predicted octanol–water partition coefficient (Wildman–Crippen LogP) is 1.93. The van der Waals surface area contributed by atoms with Gasteiger partial charge in [0.25, 0.3) is 5.91 Å². The SMILES string of the molecule is CN(CC1CCCC1)C(=O)c1cc(N)ccn1. The Bertz CT molecular complexity index is 399. The molecule has 1 aromatic rings. The van der Waals surface area contributed by atoms with E-state index in [2.05, 4.69) is 4.98 Å². The largest absolute Gasteiger partial charge is 0.399 e. The van der Waals surface area contributed by atoms with E-state index in [1.807, 2.05) is 7.05 Å². The van der Waals surface area contributed by atoms with E-state index in [0.29, 0.717) is 17.3 Å². The number of hydrogen-bond acceptors (Lipinski definition) is 3. The minimum absolute atomic E-state index is 0.0378. The van der Waals surface area contributed by atoms with Gasteiger partial charge in [-0.15, -0.1) is 0 Å². The first-order chi connectivity index (χ1) is 8.16. The maximum absolute atomic E-state index is 12.1. The second-order valence-electron chi connectivity index (χ2n) is 4.81.